The fourth-order valence-corrected chi connectivity index (χ4v) is 2.37. The molecule has 1 aliphatic heterocycles. The van der Waals surface area contributed by atoms with E-state index in [1.54, 1.807) is 4.90 Å². The van der Waals surface area contributed by atoms with Gasteiger partial charge in [-0.05, 0) is 26.2 Å². The number of nitrogens with zero attached hydrogens (tertiary/aromatic N) is 1. The molecule has 19 heavy (non-hydrogen) atoms. The standard InChI is InChI=1S/C14H26N2O3/c1-6-11-14(18)16(7-8-19-10(4)5)12(9(2)3)13(17)15-11/h9-12H,6-8H2,1-5H3,(H,15,17). The molecule has 1 fully saturated rings. The molecule has 0 spiro atoms. The summed E-state index contributed by atoms with van der Waals surface area (Å²) < 4.78 is 5.50. The highest BCUT2D eigenvalue weighted by molar-refractivity contribution is 5.97. The van der Waals surface area contributed by atoms with Crippen molar-refractivity contribution in [2.75, 3.05) is 13.2 Å². The number of hydrogen-bond acceptors (Lipinski definition) is 3. The van der Waals surface area contributed by atoms with E-state index in [9.17, 15) is 9.59 Å². The first-order valence-corrected chi connectivity index (χ1v) is 7.10. The smallest absolute Gasteiger partial charge is 0.245 e. The summed E-state index contributed by atoms with van der Waals surface area (Å²) in [6, 6.07) is -0.771. The van der Waals surface area contributed by atoms with Crippen LogP contribution in [0.1, 0.15) is 41.0 Å². The molecule has 0 saturated carbocycles. The van der Waals surface area contributed by atoms with Crippen molar-refractivity contribution in [1.29, 1.82) is 0 Å². The Bertz CT molecular complexity index is 329. The predicted octanol–water partition coefficient (Wildman–Crippen LogP) is 1.17. The van der Waals surface area contributed by atoms with Gasteiger partial charge in [0.15, 0.2) is 0 Å². The van der Waals surface area contributed by atoms with Crippen molar-refractivity contribution < 1.29 is 14.3 Å². The number of ether oxygens (including phenoxy) is 1. The largest absolute Gasteiger partial charge is 0.377 e. The summed E-state index contributed by atoms with van der Waals surface area (Å²) in [5, 5.41) is 2.81. The molecular formula is C14H26N2O3. The van der Waals surface area contributed by atoms with Gasteiger partial charge in [0, 0.05) is 6.54 Å². The predicted molar refractivity (Wildman–Crippen MR) is 73.6 cm³/mol. The average Bonchev–Trinajstić information content (AvgIpc) is 2.31. The van der Waals surface area contributed by atoms with E-state index in [1.165, 1.54) is 0 Å². The van der Waals surface area contributed by atoms with Crippen LogP contribution < -0.4 is 5.32 Å². The second-order valence-corrected chi connectivity index (χ2v) is 5.61. The van der Waals surface area contributed by atoms with Crippen molar-refractivity contribution in [2.45, 2.75) is 59.2 Å². The van der Waals surface area contributed by atoms with Gasteiger partial charge in [-0.15, -0.1) is 0 Å². The first kappa shape index (κ1) is 16.0. The summed E-state index contributed by atoms with van der Waals surface area (Å²) in [6.07, 6.45) is 0.755. The minimum absolute atomic E-state index is 0.00755. The van der Waals surface area contributed by atoms with Crippen LogP contribution >= 0.6 is 0 Å². The van der Waals surface area contributed by atoms with Gasteiger partial charge in [-0.1, -0.05) is 20.8 Å². The third-order valence-corrected chi connectivity index (χ3v) is 3.33. The molecule has 1 aliphatic rings. The fraction of sp³-hybridized carbons (Fsp3) is 0.857. The van der Waals surface area contributed by atoms with Gasteiger partial charge >= 0.3 is 0 Å². The average molecular weight is 270 g/mol. The van der Waals surface area contributed by atoms with Crippen LogP contribution in [0.25, 0.3) is 0 Å². The highest BCUT2D eigenvalue weighted by atomic mass is 16.5. The van der Waals surface area contributed by atoms with Crippen molar-refractivity contribution >= 4 is 11.8 Å². The van der Waals surface area contributed by atoms with Crippen LogP contribution in [-0.4, -0.2) is 48.1 Å². The normalized spacial score (nSPS) is 24.3. The third-order valence-electron chi connectivity index (χ3n) is 3.33. The van der Waals surface area contributed by atoms with Crippen molar-refractivity contribution in [1.82, 2.24) is 10.2 Å². The van der Waals surface area contributed by atoms with Gasteiger partial charge in [-0.3, -0.25) is 9.59 Å². The fourth-order valence-electron chi connectivity index (χ4n) is 2.37. The number of carbonyl (C=O) groups excluding carboxylic acids is 2. The van der Waals surface area contributed by atoms with E-state index >= 15 is 0 Å². The molecule has 2 unspecified atom stereocenters. The van der Waals surface area contributed by atoms with Crippen LogP contribution in [0.2, 0.25) is 0 Å². The maximum Gasteiger partial charge on any atom is 0.245 e. The summed E-state index contributed by atoms with van der Waals surface area (Å²) in [5.74, 6) is 0.0555. The minimum atomic E-state index is -0.387. The number of carbonyl (C=O) groups is 2. The lowest BCUT2D eigenvalue weighted by Gasteiger charge is -2.40. The molecule has 2 atom stereocenters. The number of amides is 2. The monoisotopic (exact) mass is 270 g/mol. The Kier molecular flexibility index (Phi) is 5.79. The highest BCUT2D eigenvalue weighted by Gasteiger charge is 2.40. The molecule has 1 rings (SSSR count). The molecule has 0 radical (unpaired) electrons. The van der Waals surface area contributed by atoms with Gasteiger partial charge < -0.3 is 15.0 Å². The molecule has 0 bridgehead atoms. The van der Waals surface area contributed by atoms with Gasteiger partial charge in [0.2, 0.25) is 11.8 Å². The topological polar surface area (TPSA) is 58.6 Å². The number of hydrogen-bond donors (Lipinski definition) is 1. The third kappa shape index (κ3) is 3.93. The van der Waals surface area contributed by atoms with E-state index in [0.717, 1.165) is 0 Å². The lowest BCUT2D eigenvalue weighted by atomic mass is 9.96. The summed E-state index contributed by atoms with van der Waals surface area (Å²) in [7, 11) is 0. The Morgan fingerprint density at radius 2 is 1.89 bits per heavy atom. The molecule has 5 heteroatoms. The van der Waals surface area contributed by atoms with E-state index in [0.29, 0.717) is 19.6 Å². The molecular weight excluding hydrogens is 244 g/mol. The first-order chi connectivity index (χ1) is 8.88. The molecule has 5 nitrogen and oxygen atoms in total. The molecule has 1 saturated heterocycles. The van der Waals surface area contributed by atoms with E-state index in [2.05, 4.69) is 5.32 Å². The van der Waals surface area contributed by atoms with Crippen LogP contribution in [-0.2, 0) is 14.3 Å². The second kappa shape index (κ2) is 6.89. The summed E-state index contributed by atoms with van der Waals surface area (Å²) >= 11 is 0. The molecule has 2 amide bonds. The lowest BCUT2D eigenvalue weighted by Crippen LogP contribution is -2.65. The number of piperazine rings is 1. The van der Waals surface area contributed by atoms with Crippen LogP contribution in [0.15, 0.2) is 0 Å². The quantitative estimate of drug-likeness (QED) is 0.788. The maximum atomic E-state index is 12.3. The van der Waals surface area contributed by atoms with Crippen LogP contribution in [0, 0.1) is 5.92 Å². The Balaban J connectivity index is 2.77. The molecule has 1 heterocycles. The summed E-state index contributed by atoms with van der Waals surface area (Å²) in [4.78, 5) is 26.1. The molecule has 0 aromatic rings. The summed E-state index contributed by atoms with van der Waals surface area (Å²) in [5.41, 5.74) is 0. The molecule has 1 N–H and O–H groups in total. The van der Waals surface area contributed by atoms with E-state index in [1.807, 2.05) is 34.6 Å². The number of nitrogens with one attached hydrogen (secondary N) is 1. The van der Waals surface area contributed by atoms with Crippen molar-refractivity contribution in [3.63, 3.8) is 0 Å². The van der Waals surface area contributed by atoms with E-state index in [-0.39, 0.29) is 35.9 Å². The molecule has 0 aromatic carbocycles. The van der Waals surface area contributed by atoms with Gasteiger partial charge in [0.1, 0.15) is 12.1 Å². The zero-order valence-corrected chi connectivity index (χ0v) is 12.6. The Morgan fingerprint density at radius 1 is 1.26 bits per heavy atom. The summed E-state index contributed by atoms with van der Waals surface area (Å²) in [6.45, 7) is 10.7. The van der Waals surface area contributed by atoms with Crippen LogP contribution in [0.5, 0.6) is 0 Å². The molecule has 0 aromatic heterocycles. The van der Waals surface area contributed by atoms with Crippen molar-refractivity contribution in [3.8, 4) is 0 Å². The van der Waals surface area contributed by atoms with E-state index < -0.39 is 0 Å². The lowest BCUT2D eigenvalue weighted by molar-refractivity contribution is -0.152. The van der Waals surface area contributed by atoms with Crippen molar-refractivity contribution in [2.24, 2.45) is 5.92 Å². The zero-order chi connectivity index (χ0) is 14.6. The molecule has 110 valence electrons. The van der Waals surface area contributed by atoms with Gasteiger partial charge in [0.05, 0.1) is 12.7 Å². The highest BCUT2D eigenvalue weighted by Crippen LogP contribution is 2.18. The SMILES string of the molecule is CCC1NC(=O)C(C(C)C)N(CCOC(C)C)C1=O. The van der Waals surface area contributed by atoms with E-state index in [4.69, 9.17) is 4.74 Å². The van der Waals surface area contributed by atoms with Crippen LogP contribution in [0.3, 0.4) is 0 Å². The Morgan fingerprint density at radius 3 is 2.37 bits per heavy atom. The maximum absolute atomic E-state index is 12.3. The van der Waals surface area contributed by atoms with Gasteiger partial charge in [-0.2, -0.15) is 0 Å². The number of rotatable bonds is 6. The van der Waals surface area contributed by atoms with Crippen LogP contribution in [0.4, 0.5) is 0 Å². The molecule has 0 aliphatic carbocycles. The first-order valence-electron chi connectivity index (χ1n) is 7.10. The Hall–Kier alpha value is -1.10. The Labute approximate surface area is 115 Å². The minimum Gasteiger partial charge on any atom is -0.377 e. The van der Waals surface area contributed by atoms with Gasteiger partial charge in [-0.25, -0.2) is 0 Å². The second-order valence-electron chi connectivity index (χ2n) is 5.61. The van der Waals surface area contributed by atoms with Gasteiger partial charge in [0.25, 0.3) is 0 Å². The zero-order valence-electron chi connectivity index (χ0n) is 12.6. The van der Waals surface area contributed by atoms with Crippen molar-refractivity contribution in [3.05, 3.63) is 0 Å².